The number of sulfonamides is 1. The average Bonchev–Trinajstić information content (AvgIpc) is 2.44. The molecule has 0 aliphatic carbocycles. The molecule has 0 N–H and O–H groups in total. The van der Waals surface area contributed by atoms with E-state index >= 15 is 0 Å². The van der Waals surface area contributed by atoms with Gasteiger partial charge in [0.2, 0.25) is 0 Å². The minimum atomic E-state index is -3.66. The second kappa shape index (κ2) is 6.55. The Bertz CT molecular complexity index is 763. The van der Waals surface area contributed by atoms with Gasteiger partial charge in [-0.2, -0.15) is 0 Å². The van der Waals surface area contributed by atoms with Gasteiger partial charge in [-0.25, -0.2) is 8.42 Å². The summed E-state index contributed by atoms with van der Waals surface area (Å²) in [7, 11) is -3.66. The summed E-state index contributed by atoms with van der Waals surface area (Å²) in [4.78, 5) is 0.206. The van der Waals surface area contributed by atoms with E-state index in [-0.39, 0.29) is 11.4 Å². The van der Waals surface area contributed by atoms with Gasteiger partial charge in [0.15, 0.2) is 0 Å². The molecule has 0 saturated carbocycles. The average molecular weight is 336 g/mol. The fourth-order valence-corrected chi connectivity index (χ4v) is 3.83. The van der Waals surface area contributed by atoms with Crippen molar-refractivity contribution >= 4 is 27.3 Å². The van der Waals surface area contributed by atoms with E-state index in [1.54, 1.807) is 18.2 Å². The molecule has 0 saturated heterocycles. The van der Waals surface area contributed by atoms with Crippen molar-refractivity contribution in [3.63, 3.8) is 0 Å². The molecule has 0 aliphatic heterocycles. The summed E-state index contributed by atoms with van der Waals surface area (Å²) in [6, 6.07) is 11.9. The number of anilines is 1. The third kappa shape index (κ3) is 3.51. The molecule has 22 heavy (non-hydrogen) atoms. The Morgan fingerprint density at radius 1 is 1.09 bits per heavy atom. The van der Waals surface area contributed by atoms with Gasteiger partial charge in [0.1, 0.15) is 0 Å². The number of nitrogens with zero attached hydrogens (tertiary/aromatic N) is 1. The number of rotatable bonds is 5. The van der Waals surface area contributed by atoms with Crippen LogP contribution in [0.2, 0.25) is 5.02 Å². The molecule has 0 bridgehead atoms. The second-order valence-electron chi connectivity index (χ2n) is 5.12. The molecule has 0 radical (unpaired) electrons. The molecule has 0 heterocycles. The van der Waals surface area contributed by atoms with Crippen LogP contribution in [0.1, 0.15) is 11.1 Å². The van der Waals surface area contributed by atoms with E-state index in [0.29, 0.717) is 10.7 Å². The number of halogens is 1. The SMILES string of the molecule is C=CCN(c1cc(C)cc(C)c1)S(=O)(=O)c1ccc(Cl)cc1. The Morgan fingerprint density at radius 3 is 2.14 bits per heavy atom. The van der Waals surface area contributed by atoms with Crippen LogP contribution >= 0.6 is 11.6 Å². The van der Waals surface area contributed by atoms with E-state index in [4.69, 9.17) is 11.6 Å². The normalized spacial score (nSPS) is 11.2. The molecule has 116 valence electrons. The number of benzene rings is 2. The van der Waals surface area contributed by atoms with Crippen LogP contribution in [0.25, 0.3) is 0 Å². The Labute approximate surface area is 136 Å². The molecule has 0 fully saturated rings. The highest BCUT2D eigenvalue weighted by Crippen LogP contribution is 2.26. The van der Waals surface area contributed by atoms with Gasteiger partial charge in [-0.3, -0.25) is 4.31 Å². The largest absolute Gasteiger partial charge is 0.264 e. The summed E-state index contributed by atoms with van der Waals surface area (Å²) in [5.74, 6) is 0. The maximum atomic E-state index is 12.9. The van der Waals surface area contributed by atoms with Crippen molar-refractivity contribution in [3.8, 4) is 0 Å². The summed E-state index contributed by atoms with van der Waals surface area (Å²) in [6.07, 6.45) is 1.57. The number of aryl methyl sites for hydroxylation is 2. The van der Waals surface area contributed by atoms with Crippen LogP contribution in [-0.2, 0) is 10.0 Å². The number of hydrogen-bond donors (Lipinski definition) is 0. The topological polar surface area (TPSA) is 37.4 Å². The predicted octanol–water partition coefficient (Wildman–Crippen LogP) is 4.34. The highest BCUT2D eigenvalue weighted by atomic mass is 35.5. The summed E-state index contributed by atoms with van der Waals surface area (Å²) in [5.41, 5.74) is 2.65. The molecule has 2 rings (SSSR count). The van der Waals surface area contributed by atoms with E-state index in [1.165, 1.54) is 16.4 Å². The molecular formula is C17H18ClNO2S. The molecular weight excluding hydrogens is 318 g/mol. The van der Waals surface area contributed by atoms with Crippen LogP contribution in [0.15, 0.2) is 60.0 Å². The highest BCUT2D eigenvalue weighted by Gasteiger charge is 2.24. The zero-order valence-electron chi connectivity index (χ0n) is 12.6. The van der Waals surface area contributed by atoms with Crippen molar-refractivity contribution in [2.45, 2.75) is 18.7 Å². The van der Waals surface area contributed by atoms with Crippen molar-refractivity contribution < 1.29 is 8.42 Å². The molecule has 2 aromatic rings. The standard InChI is InChI=1S/C17H18ClNO2S/c1-4-9-19(16-11-13(2)10-14(3)12-16)22(20,21)17-7-5-15(18)6-8-17/h4-8,10-12H,1,9H2,2-3H3. The minimum Gasteiger partial charge on any atom is -0.263 e. The van der Waals surface area contributed by atoms with E-state index < -0.39 is 10.0 Å². The van der Waals surface area contributed by atoms with Crippen molar-refractivity contribution in [2.24, 2.45) is 0 Å². The molecule has 0 unspecified atom stereocenters. The maximum absolute atomic E-state index is 12.9. The first kappa shape index (κ1) is 16.6. The summed E-state index contributed by atoms with van der Waals surface area (Å²) < 4.78 is 27.1. The van der Waals surface area contributed by atoms with Crippen LogP contribution < -0.4 is 4.31 Å². The van der Waals surface area contributed by atoms with Crippen LogP contribution in [0.3, 0.4) is 0 Å². The van der Waals surface area contributed by atoms with Gasteiger partial charge in [-0.15, -0.1) is 6.58 Å². The van der Waals surface area contributed by atoms with Crippen molar-refractivity contribution in [3.05, 3.63) is 71.3 Å². The van der Waals surface area contributed by atoms with E-state index in [0.717, 1.165) is 11.1 Å². The fraction of sp³-hybridized carbons (Fsp3) is 0.176. The third-order valence-corrected chi connectivity index (χ3v) is 5.25. The summed E-state index contributed by atoms with van der Waals surface area (Å²) >= 11 is 5.84. The lowest BCUT2D eigenvalue weighted by Gasteiger charge is -2.24. The first-order valence-corrected chi connectivity index (χ1v) is 8.64. The maximum Gasteiger partial charge on any atom is 0.264 e. The van der Waals surface area contributed by atoms with E-state index in [1.807, 2.05) is 32.0 Å². The molecule has 0 spiro atoms. The van der Waals surface area contributed by atoms with Crippen LogP contribution in [0, 0.1) is 13.8 Å². The Morgan fingerprint density at radius 2 is 1.64 bits per heavy atom. The van der Waals surface area contributed by atoms with Gasteiger partial charge in [-0.05, 0) is 61.4 Å². The van der Waals surface area contributed by atoms with Gasteiger partial charge in [-0.1, -0.05) is 23.7 Å². The zero-order chi connectivity index (χ0) is 16.3. The lowest BCUT2D eigenvalue weighted by atomic mass is 10.1. The number of hydrogen-bond acceptors (Lipinski definition) is 2. The summed E-state index contributed by atoms with van der Waals surface area (Å²) in [5, 5.41) is 0.501. The molecule has 5 heteroatoms. The van der Waals surface area contributed by atoms with E-state index in [2.05, 4.69) is 6.58 Å². The summed E-state index contributed by atoms with van der Waals surface area (Å²) in [6.45, 7) is 7.75. The first-order chi connectivity index (χ1) is 10.3. The van der Waals surface area contributed by atoms with Gasteiger partial charge < -0.3 is 0 Å². The predicted molar refractivity (Wildman–Crippen MR) is 92.1 cm³/mol. The van der Waals surface area contributed by atoms with Gasteiger partial charge in [0.25, 0.3) is 10.0 Å². The Hall–Kier alpha value is -1.78. The van der Waals surface area contributed by atoms with Crippen LogP contribution in [0.4, 0.5) is 5.69 Å². The van der Waals surface area contributed by atoms with E-state index in [9.17, 15) is 8.42 Å². The molecule has 2 aromatic carbocycles. The highest BCUT2D eigenvalue weighted by molar-refractivity contribution is 7.92. The van der Waals surface area contributed by atoms with Gasteiger partial charge in [0, 0.05) is 5.02 Å². The fourth-order valence-electron chi connectivity index (χ4n) is 2.29. The monoisotopic (exact) mass is 335 g/mol. The molecule has 0 aromatic heterocycles. The third-order valence-electron chi connectivity index (χ3n) is 3.19. The van der Waals surface area contributed by atoms with Crippen LogP contribution in [0.5, 0.6) is 0 Å². The smallest absolute Gasteiger partial charge is 0.263 e. The molecule has 0 atom stereocenters. The Balaban J connectivity index is 2.55. The molecule has 0 aliphatic rings. The molecule has 0 amide bonds. The van der Waals surface area contributed by atoms with Gasteiger partial charge >= 0.3 is 0 Å². The van der Waals surface area contributed by atoms with Crippen molar-refractivity contribution in [1.29, 1.82) is 0 Å². The lowest BCUT2D eigenvalue weighted by molar-refractivity contribution is 0.593. The van der Waals surface area contributed by atoms with Crippen molar-refractivity contribution in [1.82, 2.24) is 0 Å². The quantitative estimate of drug-likeness (QED) is 0.762. The van der Waals surface area contributed by atoms with Crippen LogP contribution in [-0.4, -0.2) is 15.0 Å². The van der Waals surface area contributed by atoms with Crippen molar-refractivity contribution in [2.75, 3.05) is 10.8 Å². The second-order valence-corrected chi connectivity index (χ2v) is 7.42. The first-order valence-electron chi connectivity index (χ1n) is 6.82. The Kier molecular flexibility index (Phi) is 4.94. The van der Waals surface area contributed by atoms with Gasteiger partial charge in [0.05, 0.1) is 17.1 Å². The molecule has 3 nitrogen and oxygen atoms in total. The minimum absolute atomic E-state index is 0.202. The lowest BCUT2D eigenvalue weighted by Crippen LogP contribution is -2.31. The zero-order valence-corrected chi connectivity index (χ0v) is 14.2.